The van der Waals surface area contributed by atoms with Gasteiger partial charge >= 0.3 is 0 Å². The third-order valence-corrected chi connectivity index (χ3v) is 3.48. The second kappa shape index (κ2) is 7.04. The molecule has 0 saturated carbocycles. The summed E-state index contributed by atoms with van der Waals surface area (Å²) in [5.41, 5.74) is 8.85. The number of anilines is 1. The maximum atomic E-state index is 5.77. The Kier molecular flexibility index (Phi) is 5.11. The number of benzene rings is 1. The summed E-state index contributed by atoms with van der Waals surface area (Å²) < 4.78 is 5.14. The summed E-state index contributed by atoms with van der Waals surface area (Å²) >= 11 is 5.09. The van der Waals surface area contributed by atoms with Crippen LogP contribution in [0, 0.1) is 6.92 Å². The van der Waals surface area contributed by atoms with Gasteiger partial charge < -0.3 is 15.8 Å². The molecule has 0 unspecified atom stereocenters. The number of hydrogen-bond acceptors (Lipinski definition) is 4. The molecule has 0 atom stereocenters. The van der Waals surface area contributed by atoms with Crippen LogP contribution >= 0.6 is 12.2 Å². The maximum absolute atomic E-state index is 5.77. The largest absolute Gasteiger partial charge is 0.497 e. The minimum Gasteiger partial charge on any atom is -0.497 e. The molecule has 1 heterocycles. The van der Waals surface area contributed by atoms with Crippen molar-refractivity contribution in [2.24, 2.45) is 5.73 Å². The van der Waals surface area contributed by atoms with E-state index in [1.54, 1.807) is 13.3 Å². The molecule has 0 fully saturated rings. The van der Waals surface area contributed by atoms with Gasteiger partial charge in [-0.05, 0) is 42.7 Å². The van der Waals surface area contributed by atoms with Gasteiger partial charge in [0.2, 0.25) is 0 Å². The van der Waals surface area contributed by atoms with Crippen molar-refractivity contribution >= 4 is 23.0 Å². The molecule has 21 heavy (non-hydrogen) atoms. The second-order valence-corrected chi connectivity index (χ2v) is 5.18. The zero-order valence-corrected chi connectivity index (χ0v) is 13.0. The van der Waals surface area contributed by atoms with E-state index in [1.165, 1.54) is 5.56 Å². The highest BCUT2D eigenvalue weighted by molar-refractivity contribution is 7.80. The van der Waals surface area contributed by atoms with Gasteiger partial charge in [0.1, 0.15) is 16.6 Å². The van der Waals surface area contributed by atoms with Gasteiger partial charge in [-0.3, -0.25) is 0 Å². The molecular weight excluding hydrogens is 282 g/mol. The van der Waals surface area contributed by atoms with Crippen molar-refractivity contribution in [3.05, 3.63) is 53.2 Å². The average Bonchev–Trinajstić information content (AvgIpc) is 2.47. The topological polar surface area (TPSA) is 60.2 Å². The first-order chi connectivity index (χ1) is 10.1. The van der Waals surface area contributed by atoms with Crippen LogP contribution in [-0.2, 0) is 6.42 Å². The van der Waals surface area contributed by atoms with E-state index in [2.05, 4.69) is 22.4 Å². The number of rotatable bonds is 6. The summed E-state index contributed by atoms with van der Waals surface area (Å²) in [7, 11) is 1.66. The normalized spacial score (nSPS) is 10.2. The summed E-state index contributed by atoms with van der Waals surface area (Å²) in [5.74, 6) is 1.61. The Morgan fingerprint density at radius 2 is 2.00 bits per heavy atom. The molecule has 5 heteroatoms. The Morgan fingerprint density at radius 1 is 1.29 bits per heavy atom. The Morgan fingerprint density at radius 3 is 2.62 bits per heavy atom. The summed E-state index contributed by atoms with van der Waals surface area (Å²) in [6.45, 7) is 2.74. The van der Waals surface area contributed by atoms with Crippen LogP contribution in [0.2, 0.25) is 0 Å². The lowest BCUT2D eigenvalue weighted by Crippen LogP contribution is -2.17. The lowest BCUT2D eigenvalue weighted by molar-refractivity contribution is 0.414. The van der Waals surface area contributed by atoms with Crippen LogP contribution in [0.15, 0.2) is 36.5 Å². The first-order valence-electron chi connectivity index (χ1n) is 6.74. The van der Waals surface area contributed by atoms with Gasteiger partial charge in [0.15, 0.2) is 0 Å². The standard InChI is InChI=1S/C16H19N3OS/c1-11-7-9-18-16(14(11)15(17)21)19-10-8-12-3-5-13(20-2)6-4-12/h3-7,9H,8,10H2,1-2H3,(H2,17,21)(H,18,19). The molecule has 2 rings (SSSR count). The first-order valence-corrected chi connectivity index (χ1v) is 7.15. The van der Waals surface area contributed by atoms with Gasteiger partial charge in [-0.25, -0.2) is 4.98 Å². The quantitative estimate of drug-likeness (QED) is 0.803. The second-order valence-electron chi connectivity index (χ2n) is 4.74. The molecule has 0 aliphatic carbocycles. The number of hydrogen-bond donors (Lipinski definition) is 2. The van der Waals surface area contributed by atoms with Crippen molar-refractivity contribution in [3.8, 4) is 5.75 Å². The van der Waals surface area contributed by atoms with E-state index >= 15 is 0 Å². The van der Waals surface area contributed by atoms with Gasteiger partial charge in [-0.15, -0.1) is 0 Å². The SMILES string of the molecule is COc1ccc(CCNc2nccc(C)c2C(N)=S)cc1. The van der Waals surface area contributed by atoms with Crippen molar-refractivity contribution in [2.75, 3.05) is 19.0 Å². The minimum atomic E-state index is 0.368. The van der Waals surface area contributed by atoms with Crippen LogP contribution in [0.25, 0.3) is 0 Å². The van der Waals surface area contributed by atoms with Crippen LogP contribution in [0.5, 0.6) is 5.75 Å². The van der Waals surface area contributed by atoms with E-state index < -0.39 is 0 Å². The molecule has 0 spiro atoms. The van der Waals surface area contributed by atoms with E-state index in [0.717, 1.165) is 35.7 Å². The van der Waals surface area contributed by atoms with Crippen molar-refractivity contribution in [1.82, 2.24) is 4.98 Å². The molecule has 0 radical (unpaired) electrons. The predicted molar refractivity (Wildman–Crippen MR) is 90.0 cm³/mol. The Bertz CT molecular complexity index is 626. The van der Waals surface area contributed by atoms with Crippen LogP contribution < -0.4 is 15.8 Å². The number of ether oxygens (including phenoxy) is 1. The molecule has 0 aliphatic heterocycles. The molecule has 3 N–H and O–H groups in total. The fourth-order valence-corrected chi connectivity index (χ4v) is 2.38. The van der Waals surface area contributed by atoms with Gasteiger partial charge in [0.05, 0.1) is 12.7 Å². The fourth-order valence-electron chi connectivity index (χ4n) is 2.12. The van der Waals surface area contributed by atoms with Crippen molar-refractivity contribution in [3.63, 3.8) is 0 Å². The number of methoxy groups -OCH3 is 1. The molecule has 1 aromatic carbocycles. The number of thiocarbonyl (C=S) groups is 1. The van der Waals surface area contributed by atoms with E-state index in [4.69, 9.17) is 22.7 Å². The van der Waals surface area contributed by atoms with Crippen molar-refractivity contribution < 1.29 is 4.74 Å². The van der Waals surface area contributed by atoms with Crippen LogP contribution in [0.1, 0.15) is 16.7 Å². The van der Waals surface area contributed by atoms with E-state index in [1.807, 2.05) is 25.1 Å². The van der Waals surface area contributed by atoms with Crippen LogP contribution in [0.4, 0.5) is 5.82 Å². The van der Waals surface area contributed by atoms with E-state index in [0.29, 0.717) is 4.99 Å². The Hall–Kier alpha value is -2.14. The summed E-state index contributed by atoms with van der Waals surface area (Å²) in [6, 6.07) is 9.93. The Labute approximate surface area is 130 Å². The highest BCUT2D eigenvalue weighted by atomic mass is 32.1. The van der Waals surface area contributed by atoms with Crippen LogP contribution in [-0.4, -0.2) is 23.6 Å². The fraction of sp³-hybridized carbons (Fsp3) is 0.250. The molecule has 0 saturated heterocycles. The number of nitrogens with two attached hydrogens (primary N) is 1. The third kappa shape index (κ3) is 3.92. The molecule has 4 nitrogen and oxygen atoms in total. The molecular formula is C16H19N3OS. The van der Waals surface area contributed by atoms with E-state index in [-0.39, 0.29) is 0 Å². The minimum absolute atomic E-state index is 0.368. The number of nitrogens with one attached hydrogen (secondary N) is 1. The van der Waals surface area contributed by atoms with Gasteiger partial charge in [0.25, 0.3) is 0 Å². The zero-order valence-electron chi connectivity index (χ0n) is 12.2. The molecule has 110 valence electrons. The molecule has 0 bridgehead atoms. The van der Waals surface area contributed by atoms with E-state index in [9.17, 15) is 0 Å². The third-order valence-electron chi connectivity index (χ3n) is 3.27. The van der Waals surface area contributed by atoms with Crippen molar-refractivity contribution in [1.29, 1.82) is 0 Å². The number of aromatic nitrogens is 1. The molecule has 2 aromatic rings. The van der Waals surface area contributed by atoms with Crippen LogP contribution in [0.3, 0.4) is 0 Å². The van der Waals surface area contributed by atoms with Crippen molar-refractivity contribution in [2.45, 2.75) is 13.3 Å². The number of aryl methyl sites for hydroxylation is 1. The molecule has 0 amide bonds. The summed E-state index contributed by atoms with van der Waals surface area (Å²) in [5, 5.41) is 3.30. The Balaban J connectivity index is 2.00. The molecule has 0 aliphatic rings. The highest BCUT2D eigenvalue weighted by Crippen LogP contribution is 2.17. The smallest absolute Gasteiger partial charge is 0.136 e. The zero-order chi connectivity index (χ0) is 15.2. The number of nitrogens with zero attached hydrogens (tertiary/aromatic N) is 1. The summed E-state index contributed by atoms with van der Waals surface area (Å²) in [6.07, 6.45) is 2.64. The predicted octanol–water partition coefficient (Wildman–Crippen LogP) is 2.69. The monoisotopic (exact) mass is 301 g/mol. The van der Waals surface area contributed by atoms with Gasteiger partial charge in [-0.2, -0.15) is 0 Å². The molecule has 1 aromatic heterocycles. The number of pyridine rings is 1. The van der Waals surface area contributed by atoms with Gasteiger partial charge in [-0.1, -0.05) is 24.4 Å². The lowest BCUT2D eigenvalue weighted by Gasteiger charge is -2.12. The first kappa shape index (κ1) is 15.3. The lowest BCUT2D eigenvalue weighted by atomic mass is 10.1. The average molecular weight is 301 g/mol. The van der Waals surface area contributed by atoms with Gasteiger partial charge in [0, 0.05) is 12.7 Å². The maximum Gasteiger partial charge on any atom is 0.136 e. The highest BCUT2D eigenvalue weighted by Gasteiger charge is 2.09. The summed E-state index contributed by atoms with van der Waals surface area (Å²) in [4.78, 5) is 4.69.